The molecule has 0 atom stereocenters. The standard InChI is InChI=1S/C20H27N5O3/c1-5-25-14(3)16(18(15(25)4)19(27)28-6-2)8-9-17(26)21-12-13-24-20-22-10-7-11-23-20/h7-11H,5-6,12-13H2,1-4H3,(H,21,26)(H,22,23,24). The summed E-state index contributed by atoms with van der Waals surface area (Å²) in [5.41, 5.74) is 2.98. The molecule has 0 unspecified atom stereocenters. The van der Waals surface area contributed by atoms with Crippen LogP contribution in [-0.2, 0) is 16.1 Å². The van der Waals surface area contributed by atoms with Crippen LogP contribution >= 0.6 is 0 Å². The highest BCUT2D eigenvalue weighted by Crippen LogP contribution is 2.24. The molecule has 28 heavy (non-hydrogen) atoms. The van der Waals surface area contributed by atoms with E-state index in [1.165, 1.54) is 6.08 Å². The molecule has 2 N–H and O–H groups in total. The Morgan fingerprint density at radius 2 is 1.86 bits per heavy atom. The van der Waals surface area contributed by atoms with Gasteiger partial charge < -0.3 is 19.9 Å². The Kier molecular flexibility index (Phi) is 7.74. The molecule has 0 spiro atoms. The molecule has 0 radical (unpaired) electrons. The molecule has 0 aliphatic heterocycles. The lowest BCUT2D eigenvalue weighted by molar-refractivity contribution is -0.116. The first-order valence-electron chi connectivity index (χ1n) is 9.33. The van der Waals surface area contributed by atoms with Gasteiger partial charge in [0.15, 0.2) is 0 Å². The Balaban J connectivity index is 2.01. The molecule has 8 heteroatoms. The molecule has 150 valence electrons. The van der Waals surface area contributed by atoms with Crippen molar-refractivity contribution >= 4 is 23.9 Å². The van der Waals surface area contributed by atoms with Crippen molar-refractivity contribution in [2.24, 2.45) is 0 Å². The van der Waals surface area contributed by atoms with Gasteiger partial charge >= 0.3 is 5.97 Å². The van der Waals surface area contributed by atoms with E-state index in [1.54, 1.807) is 31.5 Å². The number of aromatic nitrogens is 3. The summed E-state index contributed by atoms with van der Waals surface area (Å²) >= 11 is 0. The number of nitrogens with one attached hydrogen (secondary N) is 2. The van der Waals surface area contributed by atoms with Crippen LogP contribution in [0.3, 0.4) is 0 Å². The van der Waals surface area contributed by atoms with E-state index in [-0.39, 0.29) is 11.9 Å². The summed E-state index contributed by atoms with van der Waals surface area (Å²) in [6, 6.07) is 1.73. The smallest absolute Gasteiger partial charge is 0.340 e. The lowest BCUT2D eigenvalue weighted by atomic mass is 10.1. The minimum absolute atomic E-state index is 0.244. The first-order chi connectivity index (χ1) is 13.5. The van der Waals surface area contributed by atoms with Crippen molar-refractivity contribution in [2.75, 3.05) is 25.0 Å². The van der Waals surface area contributed by atoms with E-state index in [1.807, 2.05) is 25.3 Å². The largest absolute Gasteiger partial charge is 0.462 e. The predicted molar refractivity (Wildman–Crippen MR) is 108 cm³/mol. The fraction of sp³-hybridized carbons (Fsp3) is 0.400. The average molecular weight is 385 g/mol. The Hall–Kier alpha value is -3.16. The minimum Gasteiger partial charge on any atom is -0.462 e. The van der Waals surface area contributed by atoms with Gasteiger partial charge in [0.25, 0.3) is 0 Å². The van der Waals surface area contributed by atoms with Crippen molar-refractivity contribution in [2.45, 2.75) is 34.2 Å². The normalized spacial score (nSPS) is 10.9. The molecule has 0 aliphatic carbocycles. The van der Waals surface area contributed by atoms with Crippen LogP contribution in [0.5, 0.6) is 0 Å². The van der Waals surface area contributed by atoms with E-state index in [0.29, 0.717) is 36.8 Å². The van der Waals surface area contributed by atoms with Crippen LogP contribution in [0.2, 0.25) is 0 Å². The van der Waals surface area contributed by atoms with E-state index in [0.717, 1.165) is 17.9 Å². The van der Waals surface area contributed by atoms with Crippen LogP contribution < -0.4 is 10.6 Å². The number of carbonyl (C=O) groups is 2. The van der Waals surface area contributed by atoms with Crippen LogP contribution in [0.1, 0.15) is 41.2 Å². The van der Waals surface area contributed by atoms with Crippen molar-refractivity contribution in [1.82, 2.24) is 19.9 Å². The Labute approximate surface area is 165 Å². The molecule has 0 saturated heterocycles. The molecular formula is C20H27N5O3. The van der Waals surface area contributed by atoms with Gasteiger partial charge in [-0.1, -0.05) is 0 Å². The quantitative estimate of drug-likeness (QED) is 0.391. The highest BCUT2D eigenvalue weighted by molar-refractivity contribution is 5.98. The second-order valence-electron chi connectivity index (χ2n) is 6.05. The van der Waals surface area contributed by atoms with Crippen LogP contribution in [0.25, 0.3) is 6.08 Å². The number of ether oxygens (including phenoxy) is 1. The zero-order valence-corrected chi connectivity index (χ0v) is 16.8. The third kappa shape index (κ3) is 5.18. The topological polar surface area (TPSA) is 98.1 Å². The lowest BCUT2D eigenvalue weighted by Crippen LogP contribution is -2.27. The van der Waals surface area contributed by atoms with Crippen LogP contribution in [0.15, 0.2) is 24.5 Å². The molecule has 0 saturated carbocycles. The molecule has 2 aromatic heterocycles. The highest BCUT2D eigenvalue weighted by Gasteiger charge is 2.22. The number of hydrogen-bond acceptors (Lipinski definition) is 6. The van der Waals surface area contributed by atoms with Crippen LogP contribution in [-0.4, -0.2) is 46.1 Å². The van der Waals surface area contributed by atoms with Crippen molar-refractivity contribution in [3.63, 3.8) is 0 Å². The third-order valence-corrected chi connectivity index (χ3v) is 4.30. The van der Waals surface area contributed by atoms with Gasteiger partial charge in [0.2, 0.25) is 11.9 Å². The summed E-state index contributed by atoms with van der Waals surface area (Å²) in [6.07, 6.45) is 6.39. The van der Waals surface area contributed by atoms with Crippen LogP contribution in [0, 0.1) is 13.8 Å². The third-order valence-electron chi connectivity index (χ3n) is 4.30. The van der Waals surface area contributed by atoms with Gasteiger partial charge in [-0.25, -0.2) is 14.8 Å². The zero-order chi connectivity index (χ0) is 20.5. The maximum absolute atomic E-state index is 12.4. The number of amides is 1. The van der Waals surface area contributed by atoms with Gasteiger partial charge in [0, 0.05) is 55.1 Å². The van der Waals surface area contributed by atoms with Crippen molar-refractivity contribution < 1.29 is 14.3 Å². The minimum atomic E-state index is -0.373. The van der Waals surface area contributed by atoms with E-state index in [4.69, 9.17) is 4.74 Å². The number of carbonyl (C=O) groups excluding carboxylic acids is 2. The molecule has 0 fully saturated rings. The van der Waals surface area contributed by atoms with Gasteiger partial charge in [0.1, 0.15) is 0 Å². The SMILES string of the molecule is CCOC(=O)c1c(C=CC(=O)NCCNc2ncccn2)c(C)n(CC)c1C. The summed E-state index contributed by atoms with van der Waals surface area (Å²) in [5.74, 6) is -0.104. The fourth-order valence-corrected chi connectivity index (χ4v) is 3.02. The van der Waals surface area contributed by atoms with Crippen molar-refractivity contribution in [3.05, 3.63) is 47.1 Å². The van der Waals surface area contributed by atoms with Gasteiger partial charge in [-0.2, -0.15) is 0 Å². The van der Waals surface area contributed by atoms with Gasteiger partial charge in [0.05, 0.1) is 12.2 Å². The van der Waals surface area contributed by atoms with E-state index >= 15 is 0 Å². The summed E-state index contributed by atoms with van der Waals surface area (Å²) in [6.45, 7) is 9.56. The number of nitrogens with zero attached hydrogens (tertiary/aromatic N) is 3. The van der Waals surface area contributed by atoms with E-state index in [9.17, 15) is 9.59 Å². The summed E-state index contributed by atoms with van der Waals surface area (Å²) in [7, 11) is 0. The molecule has 1 amide bonds. The second kappa shape index (κ2) is 10.2. The summed E-state index contributed by atoms with van der Waals surface area (Å²) in [5, 5.41) is 5.80. The van der Waals surface area contributed by atoms with Crippen molar-refractivity contribution in [3.8, 4) is 0 Å². The molecule has 2 heterocycles. The predicted octanol–water partition coefficient (Wildman–Crippen LogP) is 2.33. The second-order valence-corrected chi connectivity index (χ2v) is 6.05. The first kappa shape index (κ1) is 21.1. The molecule has 0 aliphatic rings. The van der Waals surface area contributed by atoms with Gasteiger partial charge in [-0.15, -0.1) is 0 Å². The number of hydrogen-bond donors (Lipinski definition) is 2. The Bertz CT molecular complexity index is 843. The van der Waals surface area contributed by atoms with E-state index < -0.39 is 0 Å². The summed E-state index contributed by atoms with van der Waals surface area (Å²) in [4.78, 5) is 32.6. The molecule has 0 aromatic carbocycles. The average Bonchev–Trinajstić information content (AvgIpc) is 2.93. The number of anilines is 1. The number of rotatable bonds is 9. The zero-order valence-electron chi connectivity index (χ0n) is 16.8. The lowest BCUT2D eigenvalue weighted by Gasteiger charge is -2.05. The molecule has 0 bridgehead atoms. The molecule has 8 nitrogen and oxygen atoms in total. The maximum Gasteiger partial charge on any atom is 0.340 e. The monoisotopic (exact) mass is 385 g/mol. The van der Waals surface area contributed by atoms with Gasteiger partial charge in [-0.05, 0) is 39.8 Å². The first-order valence-corrected chi connectivity index (χ1v) is 9.33. The van der Waals surface area contributed by atoms with Crippen molar-refractivity contribution in [1.29, 1.82) is 0 Å². The van der Waals surface area contributed by atoms with Gasteiger partial charge in [-0.3, -0.25) is 4.79 Å². The molecule has 2 rings (SSSR count). The molecule has 2 aromatic rings. The Morgan fingerprint density at radius 3 is 2.50 bits per heavy atom. The molecular weight excluding hydrogens is 358 g/mol. The maximum atomic E-state index is 12.4. The van der Waals surface area contributed by atoms with Crippen LogP contribution in [0.4, 0.5) is 5.95 Å². The highest BCUT2D eigenvalue weighted by atomic mass is 16.5. The number of esters is 1. The summed E-state index contributed by atoms with van der Waals surface area (Å²) < 4.78 is 7.22. The fourth-order valence-electron chi connectivity index (χ4n) is 3.02. The van der Waals surface area contributed by atoms with E-state index in [2.05, 4.69) is 20.6 Å². The Morgan fingerprint density at radius 1 is 1.14 bits per heavy atom.